The van der Waals surface area contributed by atoms with E-state index >= 15 is 0 Å². The minimum atomic E-state index is -0.136. The molecule has 0 spiro atoms. The lowest BCUT2D eigenvalue weighted by Crippen LogP contribution is -2.41. The molecule has 0 atom stereocenters. The van der Waals surface area contributed by atoms with Crippen LogP contribution in [0.25, 0.3) is 0 Å². The van der Waals surface area contributed by atoms with Gasteiger partial charge >= 0.3 is 0 Å². The second-order valence-electron chi connectivity index (χ2n) is 5.75. The van der Waals surface area contributed by atoms with Gasteiger partial charge in [0.1, 0.15) is 5.75 Å². The molecular formula is C20H27N5O2. The van der Waals surface area contributed by atoms with E-state index in [-0.39, 0.29) is 5.91 Å². The molecular weight excluding hydrogens is 342 g/mol. The van der Waals surface area contributed by atoms with E-state index in [4.69, 9.17) is 4.74 Å². The van der Waals surface area contributed by atoms with E-state index in [0.717, 1.165) is 30.2 Å². The molecule has 7 heteroatoms. The summed E-state index contributed by atoms with van der Waals surface area (Å²) in [6.45, 7) is 4.49. The second-order valence-corrected chi connectivity index (χ2v) is 5.75. The minimum Gasteiger partial charge on any atom is -0.496 e. The van der Waals surface area contributed by atoms with Crippen molar-refractivity contribution in [2.24, 2.45) is 4.99 Å². The van der Waals surface area contributed by atoms with Crippen molar-refractivity contribution in [2.75, 3.05) is 33.3 Å². The summed E-state index contributed by atoms with van der Waals surface area (Å²) in [6, 6.07) is 11.4. The highest BCUT2D eigenvalue weighted by Crippen LogP contribution is 2.17. The number of rotatable bonds is 9. The van der Waals surface area contributed by atoms with Crippen molar-refractivity contribution < 1.29 is 9.53 Å². The Morgan fingerprint density at radius 2 is 1.93 bits per heavy atom. The van der Waals surface area contributed by atoms with Gasteiger partial charge in [-0.25, -0.2) is 0 Å². The van der Waals surface area contributed by atoms with Crippen LogP contribution >= 0.6 is 0 Å². The van der Waals surface area contributed by atoms with E-state index in [1.54, 1.807) is 31.6 Å². The molecule has 0 fully saturated rings. The smallest absolute Gasteiger partial charge is 0.252 e. The predicted octanol–water partition coefficient (Wildman–Crippen LogP) is 1.62. The van der Waals surface area contributed by atoms with Crippen LogP contribution in [0.5, 0.6) is 5.75 Å². The molecule has 0 aliphatic rings. The highest BCUT2D eigenvalue weighted by molar-refractivity contribution is 5.93. The van der Waals surface area contributed by atoms with Crippen LogP contribution < -0.4 is 20.7 Å². The van der Waals surface area contributed by atoms with Gasteiger partial charge in [0.05, 0.1) is 12.7 Å². The van der Waals surface area contributed by atoms with Crippen LogP contribution in [0.1, 0.15) is 22.8 Å². The monoisotopic (exact) mass is 369 g/mol. The van der Waals surface area contributed by atoms with Gasteiger partial charge in [0, 0.05) is 38.6 Å². The largest absolute Gasteiger partial charge is 0.496 e. The van der Waals surface area contributed by atoms with Gasteiger partial charge in [-0.05, 0) is 37.1 Å². The molecule has 1 aromatic carbocycles. The molecule has 27 heavy (non-hydrogen) atoms. The third-order valence-electron chi connectivity index (χ3n) is 3.81. The van der Waals surface area contributed by atoms with Gasteiger partial charge in [0.15, 0.2) is 5.96 Å². The Labute approximate surface area is 160 Å². The number of hydrogen-bond donors (Lipinski definition) is 3. The third kappa shape index (κ3) is 6.97. The molecule has 0 bridgehead atoms. The molecule has 0 saturated heterocycles. The van der Waals surface area contributed by atoms with Crippen molar-refractivity contribution in [3.05, 3.63) is 59.9 Å². The average Bonchev–Trinajstić information content (AvgIpc) is 2.72. The Bertz CT molecular complexity index is 734. The number of para-hydroxylation sites is 1. The topological polar surface area (TPSA) is 87.6 Å². The molecule has 2 rings (SSSR count). The number of guanidine groups is 1. The second kappa shape index (κ2) is 11.5. The lowest BCUT2D eigenvalue weighted by molar-refractivity contribution is 0.0954. The summed E-state index contributed by atoms with van der Waals surface area (Å²) in [5.74, 6) is 1.47. The lowest BCUT2D eigenvalue weighted by Gasteiger charge is -2.12. The number of pyridine rings is 1. The van der Waals surface area contributed by atoms with E-state index < -0.39 is 0 Å². The molecule has 0 radical (unpaired) electrons. The van der Waals surface area contributed by atoms with Gasteiger partial charge in [-0.2, -0.15) is 0 Å². The number of carbonyl (C=O) groups excluding carboxylic acids is 1. The van der Waals surface area contributed by atoms with Gasteiger partial charge < -0.3 is 20.7 Å². The summed E-state index contributed by atoms with van der Waals surface area (Å²) in [5, 5.41) is 9.27. The van der Waals surface area contributed by atoms with Crippen molar-refractivity contribution in [1.29, 1.82) is 0 Å². The Kier molecular flexibility index (Phi) is 8.62. The van der Waals surface area contributed by atoms with Crippen molar-refractivity contribution in [1.82, 2.24) is 20.9 Å². The maximum Gasteiger partial charge on any atom is 0.252 e. The van der Waals surface area contributed by atoms with E-state index in [1.807, 2.05) is 31.2 Å². The van der Waals surface area contributed by atoms with Gasteiger partial charge in [-0.15, -0.1) is 0 Å². The number of nitrogens with zero attached hydrogens (tertiary/aromatic N) is 2. The molecule has 0 aliphatic carbocycles. The third-order valence-corrected chi connectivity index (χ3v) is 3.81. The van der Waals surface area contributed by atoms with Crippen molar-refractivity contribution in [3.8, 4) is 5.75 Å². The fourth-order valence-electron chi connectivity index (χ4n) is 2.50. The molecule has 1 amide bonds. The fraction of sp³-hybridized carbons (Fsp3) is 0.350. The van der Waals surface area contributed by atoms with Crippen molar-refractivity contribution in [3.63, 3.8) is 0 Å². The number of ether oxygens (including phenoxy) is 1. The Morgan fingerprint density at radius 3 is 2.67 bits per heavy atom. The first kappa shape index (κ1) is 20.2. The molecule has 144 valence electrons. The summed E-state index contributed by atoms with van der Waals surface area (Å²) in [4.78, 5) is 20.5. The van der Waals surface area contributed by atoms with Crippen LogP contribution in [0.15, 0.2) is 53.8 Å². The molecule has 0 unspecified atom stereocenters. The Morgan fingerprint density at radius 1 is 1.11 bits per heavy atom. The number of aromatic nitrogens is 1. The standard InChI is InChI=1S/C20H27N5O2/c1-3-22-20(24-12-10-16-7-4-5-9-18(16)27-2)25-14-13-23-19(26)17-8-6-11-21-15-17/h4-9,11,15H,3,10,12-14H2,1-2H3,(H,23,26)(H2,22,24,25). The van der Waals surface area contributed by atoms with E-state index in [1.165, 1.54) is 0 Å². The van der Waals surface area contributed by atoms with Crippen LogP contribution in [0.4, 0.5) is 0 Å². The van der Waals surface area contributed by atoms with Crippen LogP contribution in [-0.2, 0) is 6.42 Å². The van der Waals surface area contributed by atoms with Gasteiger partial charge in [-0.3, -0.25) is 14.8 Å². The first-order valence-corrected chi connectivity index (χ1v) is 9.07. The molecule has 2 aromatic rings. The molecule has 1 heterocycles. The predicted molar refractivity (Wildman–Crippen MR) is 107 cm³/mol. The zero-order valence-corrected chi connectivity index (χ0v) is 15.9. The van der Waals surface area contributed by atoms with Crippen molar-refractivity contribution in [2.45, 2.75) is 13.3 Å². The van der Waals surface area contributed by atoms with Gasteiger partial charge in [0.25, 0.3) is 5.91 Å². The SMILES string of the molecule is CCNC(=NCCc1ccccc1OC)NCCNC(=O)c1cccnc1. The zero-order valence-electron chi connectivity index (χ0n) is 15.9. The highest BCUT2D eigenvalue weighted by atomic mass is 16.5. The first-order valence-electron chi connectivity index (χ1n) is 9.07. The minimum absolute atomic E-state index is 0.136. The number of nitrogens with one attached hydrogen (secondary N) is 3. The number of carbonyl (C=O) groups is 1. The molecule has 0 saturated carbocycles. The number of aliphatic imine (C=N–C) groups is 1. The van der Waals surface area contributed by atoms with Crippen LogP contribution in [0.2, 0.25) is 0 Å². The first-order chi connectivity index (χ1) is 13.2. The molecule has 7 nitrogen and oxygen atoms in total. The van der Waals surface area contributed by atoms with Crippen LogP contribution in [0, 0.1) is 0 Å². The summed E-state index contributed by atoms with van der Waals surface area (Å²) >= 11 is 0. The van der Waals surface area contributed by atoms with E-state index in [9.17, 15) is 4.79 Å². The number of methoxy groups -OCH3 is 1. The summed E-state index contributed by atoms with van der Waals surface area (Å²) in [6.07, 6.45) is 3.98. The zero-order chi connectivity index (χ0) is 19.3. The van der Waals surface area contributed by atoms with Gasteiger partial charge in [-0.1, -0.05) is 18.2 Å². The number of amides is 1. The lowest BCUT2D eigenvalue weighted by atomic mass is 10.1. The number of benzene rings is 1. The molecule has 0 aliphatic heterocycles. The summed E-state index contributed by atoms with van der Waals surface area (Å²) in [5.41, 5.74) is 1.68. The maximum atomic E-state index is 12.0. The van der Waals surface area contributed by atoms with Crippen molar-refractivity contribution >= 4 is 11.9 Å². The molecule has 3 N–H and O–H groups in total. The average molecular weight is 369 g/mol. The van der Waals surface area contributed by atoms with Gasteiger partial charge in [0.2, 0.25) is 0 Å². The highest BCUT2D eigenvalue weighted by Gasteiger charge is 2.04. The quantitative estimate of drug-likeness (QED) is 0.355. The van der Waals surface area contributed by atoms with Crippen LogP contribution in [0.3, 0.4) is 0 Å². The van der Waals surface area contributed by atoms with E-state index in [0.29, 0.717) is 25.2 Å². The fourth-order valence-corrected chi connectivity index (χ4v) is 2.50. The Balaban J connectivity index is 1.77. The summed E-state index contributed by atoms with van der Waals surface area (Å²) in [7, 11) is 1.67. The summed E-state index contributed by atoms with van der Waals surface area (Å²) < 4.78 is 5.36. The van der Waals surface area contributed by atoms with E-state index in [2.05, 4.69) is 25.9 Å². The van der Waals surface area contributed by atoms with Crippen LogP contribution in [-0.4, -0.2) is 50.1 Å². The Hall–Kier alpha value is -3.09. The maximum absolute atomic E-state index is 12.0. The molecule has 1 aromatic heterocycles. The normalized spacial score (nSPS) is 11.0. The number of hydrogen-bond acceptors (Lipinski definition) is 4.